The van der Waals surface area contributed by atoms with Gasteiger partial charge in [-0.1, -0.05) is 0 Å². The van der Waals surface area contributed by atoms with E-state index >= 15 is 0 Å². The van der Waals surface area contributed by atoms with Crippen LogP contribution in [-0.4, -0.2) is 22.1 Å². The summed E-state index contributed by atoms with van der Waals surface area (Å²) in [5, 5.41) is 11.1. The van der Waals surface area contributed by atoms with Gasteiger partial charge in [-0.3, -0.25) is 4.79 Å². The molecule has 2 N–H and O–H groups in total. The molecule has 0 fully saturated rings. The zero-order valence-electron chi connectivity index (χ0n) is 8.55. The summed E-state index contributed by atoms with van der Waals surface area (Å²) in [7, 11) is 0. The highest BCUT2D eigenvalue weighted by molar-refractivity contribution is 14.1. The minimum absolute atomic E-state index is 0.0877. The Balaban J connectivity index is 3.03. The van der Waals surface area contributed by atoms with E-state index < -0.39 is 23.9 Å². The van der Waals surface area contributed by atoms with Gasteiger partial charge >= 0.3 is 12.1 Å². The van der Waals surface area contributed by atoms with Gasteiger partial charge in [0.2, 0.25) is 0 Å². The number of halogens is 4. The largest absolute Gasteiger partial charge is 0.480 e. The first-order valence-corrected chi connectivity index (χ1v) is 5.53. The van der Waals surface area contributed by atoms with Crippen molar-refractivity contribution in [3.05, 3.63) is 21.4 Å². The third-order valence-electron chi connectivity index (χ3n) is 1.86. The van der Waals surface area contributed by atoms with Crippen LogP contribution in [0.3, 0.4) is 0 Å². The average molecular weight is 360 g/mol. The molecule has 4 nitrogen and oxygen atoms in total. The van der Waals surface area contributed by atoms with Crippen LogP contribution in [0.5, 0.6) is 0 Å². The number of rotatable bonds is 3. The first-order valence-electron chi connectivity index (χ1n) is 4.45. The quantitative estimate of drug-likeness (QED) is 0.814. The van der Waals surface area contributed by atoms with Gasteiger partial charge in [0.15, 0.2) is 0 Å². The van der Waals surface area contributed by atoms with Crippen molar-refractivity contribution in [1.29, 1.82) is 0 Å². The van der Waals surface area contributed by atoms with Crippen molar-refractivity contribution >= 4 is 34.4 Å². The Hall–Kier alpha value is -1.06. The lowest BCUT2D eigenvalue weighted by atomic mass is 10.3. The summed E-state index contributed by atoms with van der Waals surface area (Å²) >= 11 is 1.78. The van der Waals surface area contributed by atoms with Gasteiger partial charge in [-0.15, -0.1) is 0 Å². The summed E-state index contributed by atoms with van der Waals surface area (Å²) in [6.07, 6.45) is -4.55. The molecule has 1 unspecified atom stereocenters. The molecule has 0 saturated carbocycles. The molecule has 1 aromatic rings. The monoisotopic (exact) mass is 360 g/mol. The van der Waals surface area contributed by atoms with E-state index in [1.165, 1.54) is 13.0 Å². The zero-order valence-corrected chi connectivity index (χ0v) is 10.7. The number of hydrogen-bond acceptors (Lipinski definition) is 3. The first-order chi connectivity index (χ1) is 7.71. The maximum atomic E-state index is 12.4. The molecule has 0 radical (unpaired) electrons. The Morgan fingerprint density at radius 2 is 2.12 bits per heavy atom. The van der Waals surface area contributed by atoms with Gasteiger partial charge in [-0.05, 0) is 41.6 Å². The molecule has 94 valence electrons. The first kappa shape index (κ1) is 14.0. The molecule has 0 aromatic carbocycles. The lowest BCUT2D eigenvalue weighted by Gasteiger charge is -2.13. The van der Waals surface area contributed by atoms with E-state index in [2.05, 4.69) is 10.3 Å². The maximum absolute atomic E-state index is 12.4. The molecular formula is C9H8F3IN2O2. The predicted octanol–water partition coefficient (Wildman–Crippen LogP) is 2.59. The average Bonchev–Trinajstić information content (AvgIpc) is 2.19. The summed E-state index contributed by atoms with van der Waals surface area (Å²) in [6, 6.07) is 1.06. The molecule has 17 heavy (non-hydrogen) atoms. The van der Waals surface area contributed by atoms with Gasteiger partial charge in [-0.2, -0.15) is 13.2 Å². The number of anilines is 1. The van der Waals surface area contributed by atoms with Crippen molar-refractivity contribution in [1.82, 2.24) is 4.98 Å². The predicted molar refractivity (Wildman–Crippen MR) is 62.7 cm³/mol. The Kier molecular flexibility index (Phi) is 4.17. The highest BCUT2D eigenvalue weighted by Crippen LogP contribution is 2.30. The van der Waals surface area contributed by atoms with Gasteiger partial charge in [0.05, 0.1) is 3.57 Å². The Labute approximate surface area is 108 Å². The van der Waals surface area contributed by atoms with E-state index in [9.17, 15) is 18.0 Å². The van der Waals surface area contributed by atoms with Crippen LogP contribution in [0.2, 0.25) is 0 Å². The fourth-order valence-corrected chi connectivity index (χ4v) is 1.42. The van der Waals surface area contributed by atoms with Crippen molar-refractivity contribution < 1.29 is 23.1 Å². The van der Waals surface area contributed by atoms with Crippen LogP contribution in [0.4, 0.5) is 19.0 Å². The minimum atomic E-state index is -4.55. The maximum Gasteiger partial charge on any atom is 0.433 e. The van der Waals surface area contributed by atoms with Crippen LogP contribution in [0, 0.1) is 3.57 Å². The van der Waals surface area contributed by atoms with Crippen molar-refractivity contribution in [3.63, 3.8) is 0 Å². The number of aliphatic carboxylic acids is 1. The van der Waals surface area contributed by atoms with Crippen LogP contribution in [-0.2, 0) is 11.0 Å². The fraction of sp³-hybridized carbons (Fsp3) is 0.333. The Morgan fingerprint density at radius 3 is 2.59 bits per heavy atom. The Bertz CT molecular complexity index is 437. The van der Waals surface area contributed by atoms with E-state index in [-0.39, 0.29) is 5.82 Å². The molecule has 0 amide bonds. The van der Waals surface area contributed by atoms with Gasteiger partial charge < -0.3 is 10.4 Å². The number of carboxylic acids is 1. The number of alkyl halides is 3. The summed E-state index contributed by atoms with van der Waals surface area (Å²) in [4.78, 5) is 13.9. The van der Waals surface area contributed by atoms with Crippen LogP contribution in [0.15, 0.2) is 12.1 Å². The highest BCUT2D eigenvalue weighted by atomic mass is 127. The lowest BCUT2D eigenvalue weighted by Crippen LogP contribution is -2.27. The molecule has 0 aliphatic rings. The molecule has 1 heterocycles. The Morgan fingerprint density at radius 1 is 1.53 bits per heavy atom. The van der Waals surface area contributed by atoms with Crippen LogP contribution < -0.4 is 5.32 Å². The lowest BCUT2D eigenvalue weighted by molar-refractivity contribution is -0.141. The van der Waals surface area contributed by atoms with E-state index in [4.69, 9.17) is 5.11 Å². The summed E-state index contributed by atoms with van der Waals surface area (Å²) in [5.41, 5.74) is -1.06. The summed E-state index contributed by atoms with van der Waals surface area (Å²) in [5.74, 6) is -1.25. The number of pyridine rings is 1. The standard InChI is InChI=1S/C9H8F3IN2O2/c1-4(8(16)17)14-7-5(13)2-3-6(15-7)9(10,11)12/h2-4H,1H3,(H,14,15)(H,16,17). The minimum Gasteiger partial charge on any atom is -0.480 e. The van der Waals surface area contributed by atoms with Crippen molar-refractivity contribution in [2.45, 2.75) is 19.1 Å². The number of hydrogen-bond donors (Lipinski definition) is 2. The van der Waals surface area contributed by atoms with Crippen molar-refractivity contribution in [2.75, 3.05) is 5.32 Å². The third-order valence-corrected chi connectivity index (χ3v) is 2.73. The van der Waals surface area contributed by atoms with E-state index in [0.717, 1.165) is 6.07 Å². The number of aromatic nitrogens is 1. The highest BCUT2D eigenvalue weighted by Gasteiger charge is 2.33. The molecule has 8 heteroatoms. The van der Waals surface area contributed by atoms with Crippen molar-refractivity contribution in [3.8, 4) is 0 Å². The summed E-state index contributed by atoms with van der Waals surface area (Å²) < 4.78 is 37.6. The molecule has 0 bridgehead atoms. The van der Waals surface area contributed by atoms with Gasteiger partial charge in [0, 0.05) is 0 Å². The molecule has 1 aromatic heterocycles. The fourth-order valence-electron chi connectivity index (χ4n) is 0.968. The number of carbonyl (C=O) groups is 1. The van der Waals surface area contributed by atoms with E-state index in [1.54, 1.807) is 22.6 Å². The second kappa shape index (κ2) is 5.07. The topological polar surface area (TPSA) is 62.2 Å². The molecule has 0 saturated heterocycles. The van der Waals surface area contributed by atoms with Gasteiger partial charge in [-0.25, -0.2) is 4.98 Å². The molecule has 1 rings (SSSR count). The van der Waals surface area contributed by atoms with Crippen LogP contribution >= 0.6 is 22.6 Å². The normalized spacial score (nSPS) is 13.2. The SMILES string of the molecule is CC(Nc1nc(C(F)(F)F)ccc1I)C(=O)O. The molecule has 1 atom stereocenters. The summed E-state index contributed by atoms with van der Waals surface area (Å²) in [6.45, 7) is 1.32. The molecule has 0 aliphatic carbocycles. The number of nitrogens with zero attached hydrogens (tertiary/aromatic N) is 1. The van der Waals surface area contributed by atoms with Crippen LogP contribution in [0.25, 0.3) is 0 Å². The van der Waals surface area contributed by atoms with Crippen molar-refractivity contribution in [2.24, 2.45) is 0 Å². The van der Waals surface area contributed by atoms with Gasteiger partial charge in [0.25, 0.3) is 0 Å². The smallest absolute Gasteiger partial charge is 0.433 e. The second-order valence-corrected chi connectivity index (χ2v) is 4.39. The molecule has 0 spiro atoms. The molecular weight excluding hydrogens is 352 g/mol. The van der Waals surface area contributed by atoms with E-state index in [0.29, 0.717) is 3.57 Å². The van der Waals surface area contributed by atoms with E-state index in [1.807, 2.05) is 0 Å². The number of nitrogens with one attached hydrogen (secondary N) is 1. The third kappa shape index (κ3) is 3.72. The van der Waals surface area contributed by atoms with Gasteiger partial charge in [0.1, 0.15) is 17.6 Å². The zero-order chi connectivity index (χ0) is 13.2. The van der Waals surface area contributed by atoms with Crippen LogP contribution in [0.1, 0.15) is 12.6 Å². The molecule has 0 aliphatic heterocycles. The number of carboxylic acid groups (broad SMARTS) is 1. The second-order valence-electron chi connectivity index (χ2n) is 3.23.